The molecule has 0 saturated heterocycles. The van der Waals surface area contributed by atoms with E-state index in [9.17, 15) is 4.79 Å². The Hall–Kier alpha value is -1.81. The van der Waals surface area contributed by atoms with Gasteiger partial charge in [0.2, 0.25) is 0 Å². The molecule has 0 radical (unpaired) electrons. The molecule has 0 fully saturated rings. The maximum absolute atomic E-state index is 12.3. The molecule has 0 aliphatic heterocycles. The lowest BCUT2D eigenvalue weighted by molar-refractivity contribution is 0.0939. The molecule has 0 saturated carbocycles. The lowest BCUT2D eigenvalue weighted by Gasteiger charge is -2.15. The number of benzene rings is 1. The number of amides is 1. The van der Waals surface area contributed by atoms with Crippen LogP contribution in [0.4, 0.5) is 5.69 Å². The van der Waals surface area contributed by atoms with E-state index >= 15 is 0 Å². The van der Waals surface area contributed by atoms with Crippen molar-refractivity contribution < 1.29 is 4.79 Å². The zero-order chi connectivity index (χ0) is 14.9. The van der Waals surface area contributed by atoms with Crippen LogP contribution in [0, 0.1) is 20.8 Å². The van der Waals surface area contributed by atoms with Crippen LogP contribution in [0.5, 0.6) is 0 Å². The molecule has 1 heterocycles. The quantitative estimate of drug-likeness (QED) is 0.845. The van der Waals surface area contributed by atoms with E-state index in [-0.39, 0.29) is 11.9 Å². The Labute approximate surface area is 123 Å². The lowest BCUT2D eigenvalue weighted by Crippen LogP contribution is -2.27. The summed E-state index contributed by atoms with van der Waals surface area (Å²) in [6, 6.07) is 7.50. The summed E-state index contributed by atoms with van der Waals surface area (Å²) in [5.41, 5.74) is 9.15. The van der Waals surface area contributed by atoms with Crippen molar-refractivity contribution in [3.05, 3.63) is 50.7 Å². The van der Waals surface area contributed by atoms with E-state index in [2.05, 4.69) is 25.2 Å². The van der Waals surface area contributed by atoms with Crippen LogP contribution < -0.4 is 11.1 Å². The van der Waals surface area contributed by atoms with Gasteiger partial charge < -0.3 is 11.1 Å². The first-order valence-corrected chi connectivity index (χ1v) is 7.44. The molecule has 1 atom stereocenters. The highest BCUT2D eigenvalue weighted by Gasteiger charge is 2.16. The fraction of sp³-hybridized carbons (Fsp3) is 0.312. The van der Waals surface area contributed by atoms with Crippen molar-refractivity contribution in [2.24, 2.45) is 0 Å². The first-order valence-electron chi connectivity index (χ1n) is 6.62. The van der Waals surface area contributed by atoms with Crippen LogP contribution in [0.25, 0.3) is 0 Å². The topological polar surface area (TPSA) is 55.1 Å². The van der Waals surface area contributed by atoms with Gasteiger partial charge in [-0.15, -0.1) is 11.3 Å². The summed E-state index contributed by atoms with van der Waals surface area (Å²) in [6.45, 7) is 8.08. The molecular formula is C16H20N2OS. The van der Waals surface area contributed by atoms with Gasteiger partial charge in [-0.3, -0.25) is 4.79 Å². The molecule has 3 N–H and O–H groups in total. The van der Waals surface area contributed by atoms with E-state index in [0.29, 0.717) is 11.3 Å². The van der Waals surface area contributed by atoms with Gasteiger partial charge in [0.15, 0.2) is 0 Å². The van der Waals surface area contributed by atoms with Crippen LogP contribution in [0.15, 0.2) is 24.3 Å². The summed E-state index contributed by atoms with van der Waals surface area (Å²) in [5, 5.41) is 3.05. The highest BCUT2D eigenvalue weighted by Crippen LogP contribution is 2.26. The van der Waals surface area contributed by atoms with Gasteiger partial charge in [0.05, 0.1) is 6.04 Å². The predicted molar refractivity (Wildman–Crippen MR) is 85.3 cm³/mol. The number of hydrogen-bond acceptors (Lipinski definition) is 3. The molecule has 106 valence electrons. The maximum Gasteiger partial charge on any atom is 0.252 e. The highest BCUT2D eigenvalue weighted by atomic mass is 32.1. The van der Waals surface area contributed by atoms with Gasteiger partial charge in [0.1, 0.15) is 0 Å². The van der Waals surface area contributed by atoms with Crippen molar-refractivity contribution in [3.8, 4) is 0 Å². The van der Waals surface area contributed by atoms with E-state index in [1.54, 1.807) is 23.5 Å². The van der Waals surface area contributed by atoms with E-state index in [1.807, 2.05) is 19.9 Å². The molecule has 1 aromatic carbocycles. The Morgan fingerprint density at radius 3 is 2.50 bits per heavy atom. The number of thiophene rings is 1. The van der Waals surface area contributed by atoms with Crippen LogP contribution in [0.2, 0.25) is 0 Å². The predicted octanol–water partition coefficient (Wildman–Crippen LogP) is 3.75. The number of nitrogen functional groups attached to an aromatic ring is 1. The Balaban J connectivity index is 2.17. The third-order valence-electron chi connectivity index (χ3n) is 3.39. The second kappa shape index (κ2) is 5.67. The molecule has 1 unspecified atom stereocenters. The normalized spacial score (nSPS) is 12.2. The number of rotatable bonds is 3. The third kappa shape index (κ3) is 3.02. The summed E-state index contributed by atoms with van der Waals surface area (Å²) < 4.78 is 0. The zero-order valence-corrected chi connectivity index (χ0v) is 13.1. The molecule has 0 aliphatic carbocycles. The van der Waals surface area contributed by atoms with E-state index in [1.165, 1.54) is 15.3 Å². The third-order valence-corrected chi connectivity index (χ3v) is 4.37. The first kappa shape index (κ1) is 14.6. The van der Waals surface area contributed by atoms with Gasteiger partial charge in [-0.2, -0.15) is 0 Å². The van der Waals surface area contributed by atoms with Crippen LogP contribution in [-0.2, 0) is 0 Å². The number of nitrogens with two attached hydrogens (primary N) is 1. The average molecular weight is 288 g/mol. The molecule has 0 spiro atoms. The van der Waals surface area contributed by atoms with Crippen LogP contribution in [-0.4, -0.2) is 5.91 Å². The number of anilines is 1. The van der Waals surface area contributed by atoms with Crippen molar-refractivity contribution in [3.63, 3.8) is 0 Å². The van der Waals surface area contributed by atoms with Crippen molar-refractivity contribution in [1.82, 2.24) is 5.32 Å². The smallest absolute Gasteiger partial charge is 0.252 e. The molecule has 1 aromatic heterocycles. The maximum atomic E-state index is 12.3. The number of hydrogen-bond donors (Lipinski definition) is 2. The van der Waals surface area contributed by atoms with Crippen LogP contribution in [0.3, 0.4) is 0 Å². The average Bonchev–Trinajstić information content (AvgIpc) is 2.68. The van der Waals surface area contributed by atoms with Gasteiger partial charge >= 0.3 is 0 Å². The van der Waals surface area contributed by atoms with Crippen molar-refractivity contribution >= 4 is 22.9 Å². The molecule has 2 rings (SSSR count). The highest BCUT2D eigenvalue weighted by molar-refractivity contribution is 7.12. The summed E-state index contributed by atoms with van der Waals surface area (Å²) in [4.78, 5) is 14.9. The minimum atomic E-state index is -0.0572. The number of aryl methyl sites for hydroxylation is 3. The Bertz CT molecular complexity index is 646. The SMILES string of the molecule is Cc1cc(C(C)NC(=O)c2ccc(N)cc2C)c(C)s1. The molecular weight excluding hydrogens is 268 g/mol. The molecule has 1 amide bonds. The van der Waals surface area contributed by atoms with E-state index < -0.39 is 0 Å². The van der Waals surface area contributed by atoms with Gasteiger partial charge in [0.25, 0.3) is 5.91 Å². The second-order valence-electron chi connectivity index (χ2n) is 5.14. The zero-order valence-electron chi connectivity index (χ0n) is 12.3. The van der Waals surface area contributed by atoms with Gasteiger partial charge in [-0.25, -0.2) is 0 Å². The number of carbonyl (C=O) groups excluding carboxylic acids is 1. The van der Waals surface area contributed by atoms with Gasteiger partial charge in [-0.1, -0.05) is 0 Å². The Kier molecular flexibility index (Phi) is 4.14. The van der Waals surface area contributed by atoms with E-state index in [4.69, 9.17) is 5.73 Å². The van der Waals surface area contributed by atoms with E-state index in [0.717, 1.165) is 5.56 Å². The van der Waals surface area contributed by atoms with Crippen molar-refractivity contribution in [1.29, 1.82) is 0 Å². The summed E-state index contributed by atoms with van der Waals surface area (Å²) in [5.74, 6) is -0.0572. The number of carbonyl (C=O) groups is 1. The molecule has 2 aromatic rings. The standard InChI is InChI=1S/C16H20N2OS/c1-9-7-13(17)5-6-14(9)16(19)18-11(3)15-8-10(2)20-12(15)4/h5-8,11H,17H2,1-4H3,(H,18,19). The summed E-state index contributed by atoms with van der Waals surface area (Å²) in [7, 11) is 0. The molecule has 4 heteroatoms. The lowest BCUT2D eigenvalue weighted by atomic mass is 10.1. The summed E-state index contributed by atoms with van der Waals surface area (Å²) >= 11 is 1.76. The largest absolute Gasteiger partial charge is 0.399 e. The second-order valence-corrected chi connectivity index (χ2v) is 6.60. The Morgan fingerprint density at radius 1 is 1.25 bits per heavy atom. The van der Waals surface area contributed by atoms with Crippen LogP contribution >= 0.6 is 11.3 Å². The van der Waals surface area contributed by atoms with Crippen LogP contribution in [0.1, 0.15) is 44.2 Å². The minimum absolute atomic E-state index is 0.00408. The molecule has 0 aliphatic rings. The van der Waals surface area contributed by atoms with Gasteiger partial charge in [-0.05, 0) is 63.1 Å². The minimum Gasteiger partial charge on any atom is -0.399 e. The van der Waals surface area contributed by atoms with Crippen molar-refractivity contribution in [2.45, 2.75) is 33.7 Å². The van der Waals surface area contributed by atoms with Crippen molar-refractivity contribution in [2.75, 3.05) is 5.73 Å². The molecule has 20 heavy (non-hydrogen) atoms. The fourth-order valence-electron chi connectivity index (χ4n) is 2.37. The molecule has 3 nitrogen and oxygen atoms in total. The molecule has 0 bridgehead atoms. The van der Waals surface area contributed by atoms with Gasteiger partial charge in [0, 0.05) is 21.0 Å². The monoisotopic (exact) mass is 288 g/mol. The summed E-state index contributed by atoms with van der Waals surface area (Å²) in [6.07, 6.45) is 0. The Morgan fingerprint density at radius 2 is 1.95 bits per heavy atom. The fourth-order valence-corrected chi connectivity index (χ4v) is 3.40. The first-order chi connectivity index (χ1) is 9.38. The number of nitrogens with one attached hydrogen (secondary N) is 1.